The Balaban J connectivity index is 3.37. The van der Waals surface area contributed by atoms with E-state index in [4.69, 9.17) is 5.73 Å². The van der Waals surface area contributed by atoms with E-state index in [1.54, 1.807) is 6.07 Å². The molecule has 0 aromatic heterocycles. The van der Waals surface area contributed by atoms with Gasteiger partial charge in [-0.3, -0.25) is 0 Å². The van der Waals surface area contributed by atoms with Gasteiger partial charge in [0.25, 0.3) is 9.84 Å². The van der Waals surface area contributed by atoms with Crippen molar-refractivity contribution in [1.82, 2.24) is 0 Å². The largest absolute Gasteiger partial charge is 0.501 e. The maximum Gasteiger partial charge on any atom is 0.501 e. The van der Waals surface area contributed by atoms with Crippen LogP contribution in [-0.4, -0.2) is 20.5 Å². The molecule has 0 amide bonds. The van der Waals surface area contributed by atoms with Gasteiger partial charge in [-0.05, 0) is 54.5 Å². The fourth-order valence-electron chi connectivity index (χ4n) is 2.00. The zero-order chi connectivity index (χ0) is 17.2. The number of nitrogens with two attached hydrogens (primary N) is 1. The first-order valence-electron chi connectivity index (χ1n) is 7.05. The van der Waals surface area contributed by atoms with Crippen LogP contribution in [0.25, 0.3) is 0 Å². The Kier molecular flexibility index (Phi) is 5.67. The summed E-state index contributed by atoms with van der Waals surface area (Å²) >= 11 is 0. The molecule has 0 saturated heterocycles. The van der Waals surface area contributed by atoms with E-state index in [9.17, 15) is 21.6 Å². The molecule has 0 bridgehead atoms. The molecule has 0 spiro atoms. The van der Waals surface area contributed by atoms with E-state index in [1.165, 1.54) is 0 Å². The second-order valence-corrected chi connectivity index (χ2v) is 8.25. The van der Waals surface area contributed by atoms with Crippen molar-refractivity contribution < 1.29 is 21.6 Å². The summed E-state index contributed by atoms with van der Waals surface area (Å²) in [7, 11) is -5.34. The zero-order valence-electron chi connectivity index (χ0n) is 13.0. The number of unbranched alkanes of at least 4 members (excludes halogenated alkanes) is 1. The minimum atomic E-state index is -5.34. The first-order chi connectivity index (χ1) is 9.89. The number of hydrogen-bond acceptors (Lipinski definition) is 3. The Morgan fingerprint density at radius 3 is 2.09 bits per heavy atom. The molecule has 1 rings (SSSR count). The maximum absolute atomic E-state index is 12.8. The molecule has 0 heterocycles. The first kappa shape index (κ1) is 19.0. The van der Waals surface area contributed by atoms with Crippen LogP contribution < -0.4 is 5.73 Å². The summed E-state index contributed by atoms with van der Waals surface area (Å²) in [6.45, 7) is 5.98. The second kappa shape index (κ2) is 6.58. The fourth-order valence-corrected chi connectivity index (χ4v) is 2.86. The van der Waals surface area contributed by atoms with Crippen LogP contribution in [0.1, 0.15) is 44.7 Å². The van der Waals surface area contributed by atoms with Crippen molar-refractivity contribution >= 4 is 9.84 Å². The van der Waals surface area contributed by atoms with Crippen LogP contribution in [0.5, 0.6) is 0 Å². The molecule has 22 heavy (non-hydrogen) atoms. The van der Waals surface area contributed by atoms with Crippen LogP contribution in [-0.2, 0) is 21.7 Å². The third-order valence-electron chi connectivity index (χ3n) is 3.37. The standard InChI is InChI=1S/C15H22F3NO2S/c1-14(2,3)12-8-11(6-4-5-7-19)9-13(10-12)22(20,21)15(16,17)18/h8-10H,4-7,19H2,1-3H3. The lowest BCUT2D eigenvalue weighted by Crippen LogP contribution is -2.24. The molecule has 0 fully saturated rings. The van der Waals surface area contributed by atoms with E-state index in [0.29, 0.717) is 30.5 Å². The van der Waals surface area contributed by atoms with Crippen molar-refractivity contribution in [3.05, 3.63) is 29.3 Å². The number of sulfone groups is 1. The average Bonchev–Trinajstić information content (AvgIpc) is 2.36. The van der Waals surface area contributed by atoms with Gasteiger partial charge in [0.1, 0.15) is 0 Å². The molecule has 7 heteroatoms. The number of alkyl halides is 3. The van der Waals surface area contributed by atoms with E-state index >= 15 is 0 Å². The highest BCUT2D eigenvalue weighted by molar-refractivity contribution is 7.92. The zero-order valence-corrected chi connectivity index (χ0v) is 13.8. The van der Waals surface area contributed by atoms with Gasteiger partial charge in [0.2, 0.25) is 0 Å². The Morgan fingerprint density at radius 1 is 1.05 bits per heavy atom. The lowest BCUT2D eigenvalue weighted by atomic mass is 9.86. The highest BCUT2D eigenvalue weighted by Gasteiger charge is 2.47. The molecule has 1 aromatic carbocycles. The van der Waals surface area contributed by atoms with Crippen molar-refractivity contribution in [1.29, 1.82) is 0 Å². The monoisotopic (exact) mass is 337 g/mol. The van der Waals surface area contributed by atoms with E-state index in [2.05, 4.69) is 0 Å². The molecule has 126 valence electrons. The fraction of sp³-hybridized carbons (Fsp3) is 0.600. The number of halogens is 3. The van der Waals surface area contributed by atoms with Gasteiger partial charge in [0.05, 0.1) is 4.90 Å². The topological polar surface area (TPSA) is 60.2 Å². The number of hydrogen-bond donors (Lipinski definition) is 1. The van der Waals surface area contributed by atoms with Crippen LogP contribution in [0.3, 0.4) is 0 Å². The SMILES string of the molecule is CC(C)(C)c1cc(CCCCN)cc(S(=O)(=O)C(F)(F)F)c1. The van der Waals surface area contributed by atoms with E-state index in [1.807, 2.05) is 20.8 Å². The molecular weight excluding hydrogens is 315 g/mol. The molecule has 0 aliphatic carbocycles. The van der Waals surface area contributed by atoms with Crippen LogP contribution in [0.15, 0.2) is 23.1 Å². The average molecular weight is 337 g/mol. The van der Waals surface area contributed by atoms with Gasteiger partial charge in [-0.1, -0.05) is 26.8 Å². The molecule has 0 unspecified atom stereocenters. The molecule has 0 radical (unpaired) electrons. The molecule has 0 aliphatic rings. The first-order valence-corrected chi connectivity index (χ1v) is 8.54. The van der Waals surface area contributed by atoms with E-state index in [-0.39, 0.29) is 0 Å². The van der Waals surface area contributed by atoms with Crippen LogP contribution >= 0.6 is 0 Å². The van der Waals surface area contributed by atoms with Gasteiger partial charge in [-0.2, -0.15) is 13.2 Å². The number of rotatable bonds is 5. The van der Waals surface area contributed by atoms with Crippen molar-refractivity contribution in [2.45, 2.75) is 55.9 Å². The lowest BCUT2D eigenvalue weighted by molar-refractivity contribution is -0.0436. The van der Waals surface area contributed by atoms with Crippen LogP contribution in [0.4, 0.5) is 13.2 Å². The molecule has 1 aromatic rings. The number of benzene rings is 1. The van der Waals surface area contributed by atoms with Gasteiger partial charge in [0.15, 0.2) is 0 Å². The summed E-state index contributed by atoms with van der Waals surface area (Å²) in [5.41, 5.74) is 0.822. The Bertz CT molecular complexity index is 617. The quantitative estimate of drug-likeness (QED) is 0.836. The summed E-state index contributed by atoms with van der Waals surface area (Å²) in [5.74, 6) is 0. The molecule has 0 saturated carbocycles. The highest BCUT2D eigenvalue weighted by Crippen LogP contribution is 2.34. The van der Waals surface area contributed by atoms with Crippen molar-refractivity contribution in [2.75, 3.05) is 6.54 Å². The Labute approximate surface area is 129 Å². The summed E-state index contributed by atoms with van der Waals surface area (Å²) in [6.07, 6.45) is 1.94. The van der Waals surface area contributed by atoms with Crippen molar-refractivity contribution in [2.24, 2.45) is 5.73 Å². The smallest absolute Gasteiger partial charge is 0.330 e. The van der Waals surface area contributed by atoms with Gasteiger partial charge < -0.3 is 5.73 Å². The van der Waals surface area contributed by atoms with Crippen LogP contribution in [0, 0.1) is 0 Å². The van der Waals surface area contributed by atoms with Crippen molar-refractivity contribution in [3.63, 3.8) is 0 Å². The summed E-state index contributed by atoms with van der Waals surface area (Å²) in [6, 6.07) is 4.01. The summed E-state index contributed by atoms with van der Waals surface area (Å²) in [5, 5.41) is 0. The molecule has 0 aliphatic heterocycles. The maximum atomic E-state index is 12.8. The summed E-state index contributed by atoms with van der Waals surface area (Å²) < 4.78 is 61.7. The van der Waals surface area contributed by atoms with Crippen molar-refractivity contribution in [3.8, 4) is 0 Å². The highest BCUT2D eigenvalue weighted by atomic mass is 32.2. The minimum absolute atomic E-state index is 0.445. The molecular formula is C15H22F3NO2S. The third-order valence-corrected chi connectivity index (χ3v) is 4.83. The Morgan fingerprint density at radius 2 is 1.64 bits per heavy atom. The van der Waals surface area contributed by atoms with Gasteiger partial charge in [-0.25, -0.2) is 8.42 Å². The van der Waals surface area contributed by atoms with Gasteiger partial charge in [0, 0.05) is 0 Å². The summed E-state index contributed by atoms with van der Waals surface area (Å²) in [4.78, 5) is -0.685. The molecule has 0 atom stereocenters. The molecule has 2 N–H and O–H groups in total. The second-order valence-electron chi connectivity index (χ2n) is 6.31. The van der Waals surface area contributed by atoms with E-state index in [0.717, 1.165) is 18.6 Å². The predicted octanol–water partition coefficient (Wildman–Crippen LogP) is 3.56. The van der Waals surface area contributed by atoms with Gasteiger partial charge >= 0.3 is 5.51 Å². The Hall–Kier alpha value is -1.08. The molecule has 3 nitrogen and oxygen atoms in total. The number of aryl methyl sites for hydroxylation is 1. The normalized spacial score (nSPS) is 13.4. The lowest BCUT2D eigenvalue weighted by Gasteiger charge is -2.21. The van der Waals surface area contributed by atoms with E-state index < -0.39 is 25.7 Å². The van der Waals surface area contributed by atoms with Gasteiger partial charge in [-0.15, -0.1) is 0 Å². The van der Waals surface area contributed by atoms with Crippen LogP contribution in [0.2, 0.25) is 0 Å². The minimum Gasteiger partial charge on any atom is -0.330 e. The predicted molar refractivity (Wildman–Crippen MR) is 80.4 cm³/mol. The third kappa shape index (κ3) is 4.46.